The number of fused-ring (bicyclic) bond motifs is 1. The normalized spacial score (nSPS) is 17.7. The van der Waals surface area contributed by atoms with Gasteiger partial charge in [0, 0.05) is 28.9 Å². The van der Waals surface area contributed by atoms with Crippen LogP contribution < -0.4 is 10.6 Å². The van der Waals surface area contributed by atoms with Gasteiger partial charge < -0.3 is 10.6 Å². The molecule has 144 valence electrons. The number of anilines is 1. The second kappa shape index (κ2) is 7.55. The van der Waals surface area contributed by atoms with Crippen molar-refractivity contribution in [2.75, 3.05) is 5.32 Å². The van der Waals surface area contributed by atoms with Crippen molar-refractivity contribution < 1.29 is 14.5 Å². The van der Waals surface area contributed by atoms with Gasteiger partial charge in [0.25, 0.3) is 11.6 Å². The highest BCUT2D eigenvalue weighted by atomic mass is 16.6. The Morgan fingerprint density at radius 3 is 2.28 bits per heavy atom. The summed E-state index contributed by atoms with van der Waals surface area (Å²) in [5.41, 5.74) is 2.23. The van der Waals surface area contributed by atoms with Gasteiger partial charge in [-0.25, -0.2) is 0 Å². The van der Waals surface area contributed by atoms with E-state index in [0.717, 1.165) is 5.56 Å². The van der Waals surface area contributed by atoms with E-state index in [0.29, 0.717) is 11.3 Å². The summed E-state index contributed by atoms with van der Waals surface area (Å²) >= 11 is 0. The lowest BCUT2D eigenvalue weighted by molar-refractivity contribution is -0.384. The fourth-order valence-corrected chi connectivity index (χ4v) is 3.44. The second-order valence-electron chi connectivity index (χ2n) is 6.70. The maximum atomic E-state index is 13.2. The van der Waals surface area contributed by atoms with Gasteiger partial charge in [-0.3, -0.25) is 19.7 Å². The van der Waals surface area contributed by atoms with Gasteiger partial charge in [0.2, 0.25) is 0 Å². The van der Waals surface area contributed by atoms with Crippen molar-refractivity contribution in [2.24, 2.45) is 0 Å². The number of carbonyl (C=O) groups is 2. The number of rotatable bonds is 4. The molecule has 1 aliphatic rings. The zero-order valence-corrected chi connectivity index (χ0v) is 15.2. The lowest BCUT2D eigenvalue weighted by Gasteiger charge is -2.34. The zero-order valence-electron chi connectivity index (χ0n) is 15.2. The molecular formula is C22H17N3O4. The first-order valence-electron chi connectivity index (χ1n) is 9.04. The number of benzene rings is 3. The number of hydrogen-bond acceptors (Lipinski definition) is 5. The number of hydrogen-bond donors (Lipinski definition) is 2. The largest absolute Gasteiger partial charge is 0.375 e. The summed E-state index contributed by atoms with van der Waals surface area (Å²) in [7, 11) is 0. The van der Waals surface area contributed by atoms with Gasteiger partial charge in [0.15, 0.2) is 5.78 Å². The SMILES string of the molecule is O=C(N[C@@H]1C(=O)c2ccccc2N[C@H]1c1ccccc1)c1ccc([N+](=O)[O-])cc1. The summed E-state index contributed by atoms with van der Waals surface area (Å²) in [6.07, 6.45) is 0. The molecule has 2 N–H and O–H groups in total. The molecule has 7 nitrogen and oxygen atoms in total. The van der Waals surface area contributed by atoms with Gasteiger partial charge in [-0.05, 0) is 29.8 Å². The van der Waals surface area contributed by atoms with E-state index in [2.05, 4.69) is 10.6 Å². The van der Waals surface area contributed by atoms with Crippen molar-refractivity contribution in [3.8, 4) is 0 Å². The molecule has 3 aromatic rings. The number of non-ortho nitro benzene ring substituents is 1. The first kappa shape index (κ1) is 18.4. The summed E-state index contributed by atoms with van der Waals surface area (Å²) in [6.45, 7) is 0. The number of Topliss-reactive ketones (excluding diaryl/α,β-unsaturated/α-hetero) is 1. The molecule has 1 heterocycles. The highest BCUT2D eigenvalue weighted by Crippen LogP contribution is 2.33. The molecule has 0 unspecified atom stereocenters. The standard InChI is InChI=1S/C22H17N3O4/c26-21-17-8-4-5-9-18(17)23-19(14-6-2-1-3-7-14)20(21)24-22(27)15-10-12-16(13-11-15)25(28)29/h1-13,19-20,23H,(H,24,27)/t19-,20-/m0/s1. The Bertz CT molecular complexity index is 1080. The fourth-order valence-electron chi connectivity index (χ4n) is 3.44. The number of nitrogens with one attached hydrogen (secondary N) is 2. The number of nitrogens with zero attached hydrogens (tertiary/aromatic N) is 1. The quantitative estimate of drug-likeness (QED) is 0.524. The molecule has 0 spiro atoms. The molecule has 3 aromatic carbocycles. The molecule has 7 heteroatoms. The van der Waals surface area contributed by atoms with Crippen molar-refractivity contribution in [3.05, 3.63) is 106 Å². The van der Waals surface area contributed by atoms with Gasteiger partial charge in [-0.2, -0.15) is 0 Å². The van der Waals surface area contributed by atoms with E-state index in [1.807, 2.05) is 42.5 Å². The Labute approximate surface area is 166 Å². The van der Waals surface area contributed by atoms with Crippen molar-refractivity contribution >= 4 is 23.1 Å². The number of para-hydroxylation sites is 1. The molecule has 0 bridgehead atoms. The van der Waals surface area contributed by atoms with E-state index in [1.54, 1.807) is 12.1 Å². The van der Waals surface area contributed by atoms with Crippen molar-refractivity contribution in [1.29, 1.82) is 0 Å². The highest BCUT2D eigenvalue weighted by molar-refractivity contribution is 6.09. The van der Waals surface area contributed by atoms with E-state index < -0.39 is 22.9 Å². The molecule has 1 aliphatic heterocycles. The number of ketones is 1. The third kappa shape index (κ3) is 3.58. The van der Waals surface area contributed by atoms with Gasteiger partial charge in [0.05, 0.1) is 11.0 Å². The van der Waals surface area contributed by atoms with Crippen molar-refractivity contribution in [3.63, 3.8) is 0 Å². The van der Waals surface area contributed by atoms with E-state index in [1.165, 1.54) is 24.3 Å². The molecule has 4 rings (SSSR count). The highest BCUT2D eigenvalue weighted by Gasteiger charge is 2.37. The molecular weight excluding hydrogens is 370 g/mol. The van der Waals surface area contributed by atoms with Gasteiger partial charge >= 0.3 is 0 Å². The van der Waals surface area contributed by atoms with Crippen LogP contribution in [0.4, 0.5) is 11.4 Å². The molecule has 0 saturated heterocycles. The molecule has 0 radical (unpaired) electrons. The number of amides is 1. The van der Waals surface area contributed by atoms with Crippen LogP contribution in [0.1, 0.15) is 32.3 Å². The molecule has 29 heavy (non-hydrogen) atoms. The van der Waals surface area contributed by atoms with Crippen molar-refractivity contribution in [2.45, 2.75) is 12.1 Å². The van der Waals surface area contributed by atoms with Crippen LogP contribution in [0.2, 0.25) is 0 Å². The Morgan fingerprint density at radius 2 is 1.59 bits per heavy atom. The van der Waals surface area contributed by atoms with E-state index >= 15 is 0 Å². The lowest BCUT2D eigenvalue weighted by atomic mass is 9.87. The minimum Gasteiger partial charge on any atom is -0.375 e. The summed E-state index contributed by atoms with van der Waals surface area (Å²) in [6, 6.07) is 20.6. The predicted molar refractivity (Wildman–Crippen MR) is 108 cm³/mol. The first-order chi connectivity index (χ1) is 14.0. The monoisotopic (exact) mass is 387 g/mol. The summed E-state index contributed by atoms with van der Waals surface area (Å²) in [5, 5.41) is 17.0. The zero-order chi connectivity index (χ0) is 20.4. The van der Waals surface area contributed by atoms with Gasteiger partial charge in [-0.15, -0.1) is 0 Å². The molecule has 0 aromatic heterocycles. The van der Waals surface area contributed by atoms with Crippen LogP contribution in [0.3, 0.4) is 0 Å². The average Bonchev–Trinajstić information content (AvgIpc) is 2.76. The van der Waals surface area contributed by atoms with Gasteiger partial charge in [0.1, 0.15) is 6.04 Å². The number of nitro groups is 1. The maximum absolute atomic E-state index is 13.2. The van der Waals surface area contributed by atoms with Crippen LogP contribution >= 0.6 is 0 Å². The van der Waals surface area contributed by atoms with Crippen LogP contribution in [-0.2, 0) is 0 Å². The second-order valence-corrected chi connectivity index (χ2v) is 6.70. The average molecular weight is 387 g/mol. The van der Waals surface area contributed by atoms with E-state index in [9.17, 15) is 19.7 Å². The lowest BCUT2D eigenvalue weighted by Crippen LogP contribution is -2.49. The number of carbonyl (C=O) groups excluding carboxylic acids is 2. The summed E-state index contributed by atoms with van der Waals surface area (Å²) in [4.78, 5) is 36.2. The summed E-state index contributed by atoms with van der Waals surface area (Å²) in [5.74, 6) is -0.663. The predicted octanol–water partition coefficient (Wildman–Crippen LogP) is 3.74. The minimum atomic E-state index is -0.824. The number of nitro benzene ring substituents is 1. The van der Waals surface area contributed by atoms with Crippen LogP contribution in [0, 0.1) is 10.1 Å². The van der Waals surface area contributed by atoms with E-state index in [-0.39, 0.29) is 17.0 Å². The van der Waals surface area contributed by atoms with Crippen LogP contribution in [0.15, 0.2) is 78.9 Å². The Balaban J connectivity index is 1.66. The smallest absolute Gasteiger partial charge is 0.269 e. The molecule has 0 aliphatic carbocycles. The molecule has 2 atom stereocenters. The third-order valence-corrected chi connectivity index (χ3v) is 4.90. The first-order valence-corrected chi connectivity index (χ1v) is 9.04. The van der Waals surface area contributed by atoms with Gasteiger partial charge in [-0.1, -0.05) is 42.5 Å². The molecule has 0 fully saturated rings. The Kier molecular flexibility index (Phi) is 4.78. The molecule has 1 amide bonds. The van der Waals surface area contributed by atoms with Crippen LogP contribution in [0.5, 0.6) is 0 Å². The van der Waals surface area contributed by atoms with Crippen molar-refractivity contribution in [1.82, 2.24) is 5.32 Å². The topological polar surface area (TPSA) is 101 Å². The Hall–Kier alpha value is -4.00. The Morgan fingerprint density at radius 1 is 0.931 bits per heavy atom. The fraction of sp³-hybridized carbons (Fsp3) is 0.0909. The minimum absolute atomic E-state index is 0.104. The maximum Gasteiger partial charge on any atom is 0.269 e. The van der Waals surface area contributed by atoms with Crippen LogP contribution in [-0.4, -0.2) is 22.7 Å². The molecule has 0 saturated carbocycles. The third-order valence-electron chi connectivity index (χ3n) is 4.90. The van der Waals surface area contributed by atoms with E-state index in [4.69, 9.17) is 0 Å². The van der Waals surface area contributed by atoms with Crippen LogP contribution in [0.25, 0.3) is 0 Å². The summed E-state index contributed by atoms with van der Waals surface area (Å²) < 4.78 is 0.